The molecule has 0 aliphatic carbocycles. The van der Waals surface area contributed by atoms with Gasteiger partial charge in [-0.1, -0.05) is 0 Å². The maximum absolute atomic E-state index is 5.96. The molecule has 0 N–H and O–H groups in total. The van der Waals surface area contributed by atoms with Gasteiger partial charge in [0, 0.05) is 0 Å². The second-order valence-corrected chi connectivity index (χ2v) is 51.0. The van der Waals surface area contributed by atoms with Crippen LogP contribution in [0.1, 0.15) is 70.7 Å². The van der Waals surface area contributed by atoms with Crippen LogP contribution in [0.15, 0.2) is 24.3 Å². The summed E-state index contributed by atoms with van der Waals surface area (Å²) in [6, 6.07) is 10.5. The van der Waals surface area contributed by atoms with Gasteiger partial charge in [-0.3, -0.25) is 0 Å². The van der Waals surface area contributed by atoms with Gasteiger partial charge in [0.05, 0.1) is 0 Å². The topological polar surface area (TPSA) is 18.5 Å². The number of rotatable bonds is 7. The summed E-state index contributed by atoms with van der Waals surface area (Å²) in [4.78, 5) is 10.2. The second-order valence-electron chi connectivity index (χ2n) is 20.7. The van der Waals surface area contributed by atoms with Crippen molar-refractivity contribution in [1.82, 2.24) is 0 Å². The Morgan fingerprint density at radius 3 is 1.30 bits per heavy atom. The molecule has 10 heterocycles. The van der Waals surface area contributed by atoms with Gasteiger partial charge in [0.1, 0.15) is 0 Å². The summed E-state index contributed by atoms with van der Waals surface area (Å²) in [5.41, 5.74) is 6.27. The molecule has 0 bridgehead atoms. The fourth-order valence-corrected chi connectivity index (χ4v) is 124. The van der Waals surface area contributed by atoms with E-state index in [1.807, 2.05) is 14.2 Å². The molecule has 0 amide bonds. The van der Waals surface area contributed by atoms with Crippen LogP contribution in [0, 0.1) is 27.7 Å². The van der Waals surface area contributed by atoms with Gasteiger partial charge in [-0.15, -0.1) is 0 Å². The molecular weight excluding hydrogens is 606 g/mol. The van der Waals surface area contributed by atoms with Crippen LogP contribution in [0.25, 0.3) is 0 Å². The van der Waals surface area contributed by atoms with Crippen LogP contribution >= 0.6 is 15.8 Å². The van der Waals surface area contributed by atoms with E-state index in [2.05, 4.69) is 100 Å². The van der Waals surface area contributed by atoms with Crippen molar-refractivity contribution in [1.29, 1.82) is 0 Å². The molecule has 2 nitrogen and oxygen atoms in total. The Hall–Kier alpha value is -0.581. The summed E-state index contributed by atoms with van der Waals surface area (Å²) in [6.07, 6.45) is 0. The molecule has 10 aliphatic heterocycles. The molecule has 10 aliphatic rings. The quantitative estimate of drug-likeness (QED) is 0.218. The normalized spacial score (nSPS) is 57.7. The molecule has 12 rings (SSSR count). The molecule has 0 saturated carbocycles. The van der Waals surface area contributed by atoms with Crippen LogP contribution in [0.2, 0.25) is 42.8 Å². The van der Waals surface area contributed by atoms with Crippen molar-refractivity contribution in [2.24, 2.45) is 0 Å². The van der Waals surface area contributed by atoms with Crippen molar-refractivity contribution < 1.29 is 16.0 Å². The number of hydrogen-bond donors (Lipinski definition) is 0. The van der Waals surface area contributed by atoms with Gasteiger partial charge in [-0.2, -0.15) is 0 Å². The number of benzene rings is 2. The van der Waals surface area contributed by atoms with E-state index in [1.54, 1.807) is 10.6 Å². The summed E-state index contributed by atoms with van der Waals surface area (Å²) >= 11 is 0. The Balaban J connectivity index is 1.18. The van der Waals surface area contributed by atoms with Gasteiger partial charge in [0.2, 0.25) is 0 Å². The molecule has 10 fully saturated rings. The fourth-order valence-electron chi connectivity index (χ4n) is 24.1. The summed E-state index contributed by atoms with van der Waals surface area (Å²) < 4.78 is 13.4. The zero-order chi connectivity index (χ0) is 30.5. The minimum atomic E-state index is -3.89. The van der Waals surface area contributed by atoms with Gasteiger partial charge in [-0.25, -0.2) is 0 Å². The molecule has 10 saturated heterocycles. The van der Waals surface area contributed by atoms with Crippen LogP contribution in [0.3, 0.4) is 0 Å². The van der Waals surface area contributed by atoms with E-state index in [0.29, 0.717) is 14.4 Å². The van der Waals surface area contributed by atoms with Gasteiger partial charge in [-0.05, 0) is 0 Å². The molecule has 234 valence electrons. The summed E-state index contributed by atoms with van der Waals surface area (Å²) in [5, 5.41) is 4.17. The van der Waals surface area contributed by atoms with E-state index >= 15 is 0 Å². The molecule has 2 aromatic rings. The number of hydrogen-bond acceptors (Lipinski definition) is 2. The molecule has 2 aromatic carbocycles. The molecule has 0 aromatic heterocycles. The van der Waals surface area contributed by atoms with Gasteiger partial charge < -0.3 is 0 Å². The Labute approximate surface area is 252 Å². The van der Waals surface area contributed by atoms with E-state index in [-0.39, 0.29) is 7.92 Å². The summed E-state index contributed by atoms with van der Waals surface area (Å²) in [7, 11) is 3.13. The van der Waals surface area contributed by atoms with E-state index < -0.39 is 14.4 Å². The van der Waals surface area contributed by atoms with Crippen LogP contribution in [0.5, 0.6) is 11.5 Å². The molecular formula is C38H52FeO2P2. The monoisotopic (exact) mass is 658 g/mol. The van der Waals surface area contributed by atoms with Gasteiger partial charge >= 0.3 is 254 Å². The van der Waals surface area contributed by atoms with Gasteiger partial charge in [0.15, 0.2) is 0 Å². The predicted molar refractivity (Wildman–Crippen MR) is 182 cm³/mol. The summed E-state index contributed by atoms with van der Waals surface area (Å²) in [6.45, 7) is 23.9. The SMILES string of the molecule is COc1c(C)cc(P(c2cc(C)c(OC)c(C)c2)[C]23[CH]4[CH]5[CH]6[C@@]2(C(C)P(C(C)(C)C)C(C)(C)C)[Fe]54632789[CH]3[CH]2[CH]7[CH]8[CH]39)cc1C. The van der Waals surface area contributed by atoms with E-state index in [9.17, 15) is 0 Å². The maximum atomic E-state index is 5.96. The van der Waals surface area contributed by atoms with E-state index in [0.717, 1.165) is 21.5 Å². The first-order valence-electron chi connectivity index (χ1n) is 16.9. The number of aryl methyl sites for hydroxylation is 4. The van der Waals surface area contributed by atoms with Gasteiger partial charge in [0.25, 0.3) is 0 Å². The standard InChI is InChI=1S/C33H47O2P2.C5H5.Fe/c1-21-17-26(18-22(2)30(21)34-12)36(27-19-23(3)31(35-13)24(4)20-27)29-16-14-15-28(29)25(5)37(32(6,7)8)33(9,10)11;1-2-4-5-3-1;/h14-20,25H,1-13H3;1-5H;. The van der Waals surface area contributed by atoms with Crippen LogP contribution < -0.4 is 20.1 Å². The predicted octanol–water partition coefficient (Wildman–Crippen LogP) is 10.5. The van der Waals surface area contributed by atoms with E-state index in [1.165, 1.54) is 60.8 Å². The van der Waals surface area contributed by atoms with Crippen LogP contribution in [0.4, 0.5) is 0 Å². The van der Waals surface area contributed by atoms with Crippen LogP contribution in [-0.4, -0.2) is 34.2 Å². The van der Waals surface area contributed by atoms with Crippen molar-refractivity contribution in [2.45, 2.75) is 139 Å². The first-order chi connectivity index (χ1) is 19.8. The first kappa shape index (κ1) is 25.5. The van der Waals surface area contributed by atoms with Crippen LogP contribution in [-0.2, 0) is 6.51 Å². The van der Waals surface area contributed by atoms with Crippen molar-refractivity contribution in [3.63, 3.8) is 0 Å². The molecule has 5 unspecified atom stereocenters. The number of ether oxygens (including phenoxy) is 2. The van der Waals surface area contributed by atoms with Crippen molar-refractivity contribution >= 4 is 26.5 Å². The molecule has 5 heteroatoms. The number of methoxy groups -OCH3 is 2. The second kappa shape index (κ2) is 3.92. The third kappa shape index (κ3) is 0.723. The average molecular weight is 659 g/mol. The van der Waals surface area contributed by atoms with E-state index in [4.69, 9.17) is 9.47 Å². The Morgan fingerprint density at radius 1 is 0.651 bits per heavy atom. The number of fused-ring (bicyclic) bond motifs is 10. The Kier molecular flexibility index (Phi) is 2.32. The molecule has 6 atom stereocenters. The Bertz CT molecular complexity index is 2020. The van der Waals surface area contributed by atoms with Crippen molar-refractivity contribution in [3.8, 4) is 11.5 Å². The molecule has 1 spiro atoms. The first-order valence-corrected chi connectivity index (χ1v) is 25.9. The zero-order valence-corrected chi connectivity index (χ0v) is 31.5. The van der Waals surface area contributed by atoms with Crippen molar-refractivity contribution in [3.05, 3.63) is 46.5 Å². The van der Waals surface area contributed by atoms with Crippen molar-refractivity contribution in [2.75, 3.05) is 14.2 Å². The fraction of sp³-hybridized carbons (Fsp3) is 0.684. The minimum absolute atomic E-state index is 0.140. The third-order valence-corrected chi connectivity index (χ3v) is 75.9. The average Bonchev–Trinajstić information content (AvgIpc) is 3.81. The molecule has 43 heavy (non-hydrogen) atoms. The Morgan fingerprint density at radius 2 is 1.02 bits per heavy atom. The molecule has 0 radical (unpaired) electrons. The zero-order valence-electron chi connectivity index (χ0n) is 28.6. The third-order valence-electron chi connectivity index (χ3n) is 21.5. The summed E-state index contributed by atoms with van der Waals surface area (Å²) in [5.74, 6) is 2.19.